The van der Waals surface area contributed by atoms with Gasteiger partial charge in [0.15, 0.2) is 0 Å². The molecule has 12 heavy (non-hydrogen) atoms. The third-order valence-electron chi connectivity index (χ3n) is 1.61. The predicted octanol–water partition coefficient (Wildman–Crippen LogP) is -1.18. The summed E-state index contributed by atoms with van der Waals surface area (Å²) in [6, 6.07) is 0. The Morgan fingerprint density at radius 2 is 2.50 bits per heavy atom. The Bertz CT molecular complexity index is 194. The first kappa shape index (κ1) is 8.79. The van der Waals surface area contributed by atoms with E-state index in [1.807, 2.05) is 5.43 Å². The van der Waals surface area contributed by atoms with Crippen molar-refractivity contribution in [1.29, 1.82) is 0 Å². The molecule has 1 rings (SSSR count). The maximum Gasteiger partial charge on any atom is 0.409 e. The fraction of sp³-hybridized carbons (Fsp3) is 0.667. The molecule has 0 aromatic heterocycles. The summed E-state index contributed by atoms with van der Waals surface area (Å²) in [5, 5.41) is 0. The summed E-state index contributed by atoms with van der Waals surface area (Å²) < 4.78 is 4.66. The molecule has 1 fully saturated rings. The van der Waals surface area contributed by atoms with Crippen LogP contribution in [0.5, 0.6) is 0 Å². The Hall–Kier alpha value is -1.30. The van der Waals surface area contributed by atoms with Gasteiger partial charge in [0.1, 0.15) is 6.61 Å². The minimum absolute atomic E-state index is 0.214. The molecule has 0 spiro atoms. The molecule has 0 aliphatic carbocycles. The number of hydrogen-bond acceptors (Lipinski definition) is 4. The maximum atomic E-state index is 10.8. The van der Waals surface area contributed by atoms with Crippen LogP contribution in [0, 0.1) is 0 Å². The monoisotopic (exact) mass is 173 g/mol. The van der Waals surface area contributed by atoms with Crippen LogP contribution in [-0.2, 0) is 9.53 Å². The fourth-order valence-corrected chi connectivity index (χ4v) is 0.937. The molecule has 1 aliphatic heterocycles. The van der Waals surface area contributed by atoms with E-state index in [-0.39, 0.29) is 18.4 Å². The number of nitrogens with two attached hydrogens (primary N) is 1. The zero-order chi connectivity index (χ0) is 8.97. The van der Waals surface area contributed by atoms with Crippen molar-refractivity contribution in [3.05, 3.63) is 0 Å². The van der Waals surface area contributed by atoms with Gasteiger partial charge in [0.05, 0.1) is 6.54 Å². The number of hydrazine groups is 1. The van der Waals surface area contributed by atoms with Crippen LogP contribution < -0.4 is 11.3 Å². The van der Waals surface area contributed by atoms with Gasteiger partial charge in [-0.2, -0.15) is 0 Å². The van der Waals surface area contributed by atoms with E-state index in [1.54, 1.807) is 0 Å². The summed E-state index contributed by atoms with van der Waals surface area (Å²) >= 11 is 0. The Morgan fingerprint density at radius 1 is 1.75 bits per heavy atom. The molecule has 1 aliphatic rings. The Kier molecular flexibility index (Phi) is 2.87. The molecule has 1 saturated heterocycles. The lowest BCUT2D eigenvalue weighted by Gasteiger charge is -2.10. The molecule has 68 valence electrons. The van der Waals surface area contributed by atoms with Crippen molar-refractivity contribution in [3.63, 3.8) is 0 Å². The standard InChI is InChI=1S/C6H11N3O3/c7-8-5(10)1-2-9-3-4-12-6(9)11/h1-4,7H2,(H,8,10). The van der Waals surface area contributed by atoms with Crippen LogP contribution in [-0.4, -0.2) is 36.6 Å². The summed E-state index contributed by atoms with van der Waals surface area (Å²) in [7, 11) is 0. The molecule has 0 atom stereocenters. The average Bonchev–Trinajstić information content (AvgIpc) is 2.47. The summed E-state index contributed by atoms with van der Waals surface area (Å²) in [5.41, 5.74) is 1.99. The number of carbonyl (C=O) groups excluding carboxylic acids is 2. The van der Waals surface area contributed by atoms with Crippen molar-refractivity contribution in [2.75, 3.05) is 19.7 Å². The molecule has 0 aromatic rings. The lowest BCUT2D eigenvalue weighted by molar-refractivity contribution is -0.121. The highest BCUT2D eigenvalue weighted by Crippen LogP contribution is 2.02. The second kappa shape index (κ2) is 3.91. The number of carbonyl (C=O) groups is 2. The van der Waals surface area contributed by atoms with Crippen LogP contribution in [0.15, 0.2) is 0 Å². The van der Waals surface area contributed by atoms with Gasteiger partial charge < -0.3 is 9.64 Å². The van der Waals surface area contributed by atoms with E-state index in [2.05, 4.69) is 4.74 Å². The largest absolute Gasteiger partial charge is 0.448 e. The Morgan fingerprint density at radius 3 is 3.00 bits per heavy atom. The lowest BCUT2D eigenvalue weighted by atomic mass is 10.4. The smallest absolute Gasteiger partial charge is 0.409 e. The molecular formula is C6H11N3O3. The van der Waals surface area contributed by atoms with Gasteiger partial charge in [-0.15, -0.1) is 0 Å². The third-order valence-corrected chi connectivity index (χ3v) is 1.61. The number of nitrogens with one attached hydrogen (secondary N) is 1. The van der Waals surface area contributed by atoms with Crippen molar-refractivity contribution in [2.45, 2.75) is 6.42 Å². The summed E-state index contributed by atoms with van der Waals surface area (Å²) in [5.74, 6) is 4.57. The molecule has 0 bridgehead atoms. The molecule has 0 aromatic carbocycles. The number of amides is 2. The summed E-state index contributed by atoms with van der Waals surface area (Å²) in [6.45, 7) is 1.32. The van der Waals surface area contributed by atoms with Gasteiger partial charge in [0.25, 0.3) is 0 Å². The number of nitrogens with zero attached hydrogens (tertiary/aromatic N) is 1. The summed E-state index contributed by atoms with van der Waals surface area (Å²) in [4.78, 5) is 22.9. The quantitative estimate of drug-likeness (QED) is 0.319. The topological polar surface area (TPSA) is 84.7 Å². The van der Waals surface area contributed by atoms with Crippen molar-refractivity contribution in [1.82, 2.24) is 10.3 Å². The second-order valence-corrected chi connectivity index (χ2v) is 2.42. The van der Waals surface area contributed by atoms with Crippen LogP contribution in [0.4, 0.5) is 4.79 Å². The van der Waals surface area contributed by atoms with E-state index in [4.69, 9.17) is 5.84 Å². The molecule has 6 heteroatoms. The zero-order valence-electron chi connectivity index (χ0n) is 6.58. The van der Waals surface area contributed by atoms with E-state index in [0.29, 0.717) is 19.7 Å². The van der Waals surface area contributed by atoms with Crippen LogP contribution in [0.1, 0.15) is 6.42 Å². The Balaban J connectivity index is 2.22. The first-order valence-electron chi connectivity index (χ1n) is 3.65. The molecule has 0 unspecified atom stereocenters. The zero-order valence-corrected chi connectivity index (χ0v) is 6.58. The number of hydrogen-bond donors (Lipinski definition) is 2. The highest BCUT2D eigenvalue weighted by molar-refractivity contribution is 5.76. The van der Waals surface area contributed by atoms with Crippen LogP contribution in [0.2, 0.25) is 0 Å². The van der Waals surface area contributed by atoms with E-state index >= 15 is 0 Å². The van der Waals surface area contributed by atoms with Gasteiger partial charge in [-0.1, -0.05) is 0 Å². The molecule has 6 nitrogen and oxygen atoms in total. The van der Waals surface area contributed by atoms with Gasteiger partial charge in [-0.25, -0.2) is 10.6 Å². The maximum absolute atomic E-state index is 10.8. The average molecular weight is 173 g/mol. The fourth-order valence-electron chi connectivity index (χ4n) is 0.937. The van der Waals surface area contributed by atoms with E-state index in [0.717, 1.165) is 0 Å². The minimum atomic E-state index is -0.361. The van der Waals surface area contributed by atoms with Crippen LogP contribution in [0.25, 0.3) is 0 Å². The number of ether oxygens (including phenoxy) is 1. The molecule has 0 radical (unpaired) electrons. The molecule has 2 amide bonds. The molecule has 1 heterocycles. The minimum Gasteiger partial charge on any atom is -0.448 e. The first-order chi connectivity index (χ1) is 5.74. The number of cyclic esters (lactones) is 1. The van der Waals surface area contributed by atoms with Crippen molar-refractivity contribution >= 4 is 12.0 Å². The van der Waals surface area contributed by atoms with Gasteiger partial charge in [-0.3, -0.25) is 10.2 Å². The lowest BCUT2D eigenvalue weighted by Crippen LogP contribution is -2.34. The molecule has 0 saturated carbocycles. The van der Waals surface area contributed by atoms with E-state index in [9.17, 15) is 9.59 Å². The van der Waals surface area contributed by atoms with Gasteiger partial charge >= 0.3 is 6.09 Å². The molecular weight excluding hydrogens is 162 g/mol. The predicted molar refractivity (Wildman–Crippen MR) is 39.9 cm³/mol. The van der Waals surface area contributed by atoms with Crippen LogP contribution in [0.3, 0.4) is 0 Å². The van der Waals surface area contributed by atoms with Crippen molar-refractivity contribution in [3.8, 4) is 0 Å². The highest BCUT2D eigenvalue weighted by atomic mass is 16.6. The second-order valence-electron chi connectivity index (χ2n) is 2.42. The highest BCUT2D eigenvalue weighted by Gasteiger charge is 2.21. The normalized spacial score (nSPS) is 16.1. The third kappa shape index (κ3) is 2.09. The molecule has 3 N–H and O–H groups in total. The first-order valence-corrected chi connectivity index (χ1v) is 3.65. The van der Waals surface area contributed by atoms with Crippen molar-refractivity contribution in [2.24, 2.45) is 5.84 Å². The van der Waals surface area contributed by atoms with Crippen molar-refractivity contribution < 1.29 is 14.3 Å². The van der Waals surface area contributed by atoms with Gasteiger partial charge in [0, 0.05) is 13.0 Å². The Labute approximate surface area is 69.6 Å². The number of rotatable bonds is 3. The van der Waals surface area contributed by atoms with Gasteiger partial charge in [0.2, 0.25) is 5.91 Å². The van der Waals surface area contributed by atoms with E-state index in [1.165, 1.54) is 4.90 Å². The van der Waals surface area contributed by atoms with Crippen LogP contribution >= 0.6 is 0 Å². The van der Waals surface area contributed by atoms with Gasteiger partial charge in [-0.05, 0) is 0 Å². The van der Waals surface area contributed by atoms with E-state index < -0.39 is 0 Å². The SMILES string of the molecule is NNC(=O)CCN1CCOC1=O. The summed E-state index contributed by atoms with van der Waals surface area (Å²) in [6.07, 6.45) is -0.147.